The van der Waals surface area contributed by atoms with Crippen molar-refractivity contribution in [1.29, 1.82) is 0 Å². The lowest BCUT2D eigenvalue weighted by molar-refractivity contribution is -0.139. The highest BCUT2D eigenvalue weighted by Gasteiger charge is 2.32. The molecule has 1 aliphatic rings. The maximum atomic E-state index is 12.5. The number of hydrogen-bond acceptors (Lipinski definition) is 4. The predicted octanol–water partition coefficient (Wildman–Crippen LogP) is 4.06. The van der Waals surface area contributed by atoms with Crippen LogP contribution in [0.3, 0.4) is 0 Å². The van der Waals surface area contributed by atoms with Crippen molar-refractivity contribution in [2.45, 2.75) is 26.3 Å². The highest BCUT2D eigenvalue weighted by Crippen LogP contribution is 2.31. The minimum absolute atomic E-state index is 0.327. The first-order valence-corrected chi connectivity index (χ1v) is 8.86. The van der Waals surface area contributed by atoms with Crippen LogP contribution in [0.25, 0.3) is 0 Å². The smallest absolute Gasteiger partial charge is 0.338 e. The molecule has 3 rings (SSSR count). The van der Waals surface area contributed by atoms with E-state index in [-0.39, 0.29) is 6.03 Å². The monoisotopic (exact) mass is 366 g/mol. The number of para-hydroxylation sites is 1. The van der Waals surface area contributed by atoms with Gasteiger partial charge in [0.25, 0.3) is 0 Å². The van der Waals surface area contributed by atoms with E-state index in [2.05, 4.69) is 10.6 Å². The molecule has 2 amide bonds. The third-order valence-corrected chi connectivity index (χ3v) is 4.10. The largest absolute Gasteiger partial charge is 0.462 e. The molecule has 0 spiro atoms. The van der Waals surface area contributed by atoms with Crippen LogP contribution < -0.4 is 15.4 Å². The summed E-state index contributed by atoms with van der Waals surface area (Å²) in [5, 5.41) is 5.44. The summed E-state index contributed by atoms with van der Waals surface area (Å²) in [5.41, 5.74) is 1.61. The van der Waals surface area contributed by atoms with Crippen LogP contribution in [-0.2, 0) is 9.53 Å². The lowest BCUT2D eigenvalue weighted by Crippen LogP contribution is -2.45. The van der Waals surface area contributed by atoms with E-state index in [0.717, 1.165) is 12.0 Å². The van der Waals surface area contributed by atoms with Gasteiger partial charge >= 0.3 is 12.0 Å². The number of rotatable bonds is 6. The average molecular weight is 366 g/mol. The van der Waals surface area contributed by atoms with Crippen molar-refractivity contribution in [3.8, 4) is 11.5 Å². The van der Waals surface area contributed by atoms with Crippen LogP contribution in [0.5, 0.6) is 11.5 Å². The van der Waals surface area contributed by atoms with Crippen molar-refractivity contribution in [2.24, 2.45) is 0 Å². The molecule has 0 radical (unpaired) electrons. The Bertz CT molecular complexity index is 861. The molecule has 0 fully saturated rings. The predicted molar refractivity (Wildman–Crippen MR) is 101 cm³/mol. The first-order chi connectivity index (χ1) is 13.1. The van der Waals surface area contributed by atoms with Gasteiger partial charge in [-0.25, -0.2) is 9.59 Å². The molecule has 6 nitrogen and oxygen atoms in total. The molecule has 1 aliphatic heterocycles. The summed E-state index contributed by atoms with van der Waals surface area (Å²) in [6.45, 7) is 3.95. The number of carbonyl (C=O) groups is 2. The summed E-state index contributed by atoms with van der Waals surface area (Å²) in [5.74, 6) is 0.880. The van der Waals surface area contributed by atoms with Crippen molar-refractivity contribution >= 4 is 12.0 Å². The van der Waals surface area contributed by atoms with Crippen LogP contribution in [0.15, 0.2) is 65.9 Å². The lowest BCUT2D eigenvalue weighted by Gasteiger charge is -2.28. The van der Waals surface area contributed by atoms with Gasteiger partial charge in [0, 0.05) is 5.70 Å². The Balaban J connectivity index is 1.90. The van der Waals surface area contributed by atoms with E-state index in [1.54, 1.807) is 6.92 Å². The summed E-state index contributed by atoms with van der Waals surface area (Å²) in [6, 6.07) is 15.7. The third kappa shape index (κ3) is 4.47. The van der Waals surface area contributed by atoms with Gasteiger partial charge in [0.2, 0.25) is 0 Å². The molecule has 0 aromatic heterocycles. The van der Waals surface area contributed by atoms with Gasteiger partial charge in [0.05, 0.1) is 18.2 Å². The quantitative estimate of drug-likeness (QED) is 0.756. The van der Waals surface area contributed by atoms with Crippen LogP contribution in [0.2, 0.25) is 0 Å². The lowest BCUT2D eigenvalue weighted by atomic mass is 9.95. The van der Waals surface area contributed by atoms with Crippen LogP contribution in [0.4, 0.5) is 4.79 Å². The van der Waals surface area contributed by atoms with E-state index in [0.29, 0.717) is 29.4 Å². The second-order valence-electron chi connectivity index (χ2n) is 6.19. The molecular weight excluding hydrogens is 344 g/mol. The summed E-state index contributed by atoms with van der Waals surface area (Å²) < 4.78 is 11.2. The second kappa shape index (κ2) is 8.40. The highest BCUT2D eigenvalue weighted by molar-refractivity contribution is 5.95. The number of urea groups is 1. The van der Waals surface area contributed by atoms with Crippen LogP contribution >= 0.6 is 0 Å². The topological polar surface area (TPSA) is 76.7 Å². The molecule has 2 aromatic rings. The molecular formula is C21H22N2O4. The normalized spacial score (nSPS) is 16.4. The Morgan fingerprint density at radius 2 is 1.81 bits per heavy atom. The maximum Gasteiger partial charge on any atom is 0.338 e. The van der Waals surface area contributed by atoms with Crippen LogP contribution in [0.1, 0.15) is 31.9 Å². The Kier molecular flexibility index (Phi) is 5.76. The molecule has 0 unspecified atom stereocenters. The van der Waals surface area contributed by atoms with E-state index >= 15 is 0 Å². The van der Waals surface area contributed by atoms with Gasteiger partial charge in [0.15, 0.2) is 0 Å². The number of hydrogen-bond donors (Lipinski definition) is 2. The first-order valence-electron chi connectivity index (χ1n) is 8.86. The van der Waals surface area contributed by atoms with Gasteiger partial charge in [-0.15, -0.1) is 0 Å². The Morgan fingerprint density at radius 3 is 2.56 bits per heavy atom. The number of esters is 1. The SMILES string of the molecule is CCCOC(=O)C1=C(C)NC(=O)N[C@H]1c1cccc(Oc2ccccc2)c1. The second-order valence-corrected chi connectivity index (χ2v) is 6.19. The number of allylic oxidation sites excluding steroid dienone is 1. The number of nitrogens with one attached hydrogen (secondary N) is 2. The van der Waals surface area contributed by atoms with E-state index in [1.165, 1.54) is 0 Å². The van der Waals surface area contributed by atoms with Crippen molar-refractivity contribution in [3.63, 3.8) is 0 Å². The molecule has 27 heavy (non-hydrogen) atoms. The van der Waals surface area contributed by atoms with Crippen molar-refractivity contribution < 1.29 is 19.1 Å². The zero-order valence-electron chi connectivity index (χ0n) is 15.3. The third-order valence-electron chi connectivity index (χ3n) is 4.10. The van der Waals surface area contributed by atoms with Crippen molar-refractivity contribution in [3.05, 3.63) is 71.4 Å². The number of amides is 2. The van der Waals surface area contributed by atoms with E-state index in [4.69, 9.17) is 9.47 Å². The fourth-order valence-electron chi connectivity index (χ4n) is 2.87. The van der Waals surface area contributed by atoms with E-state index in [9.17, 15) is 9.59 Å². The molecule has 0 bridgehead atoms. The summed E-state index contributed by atoms with van der Waals surface area (Å²) in [6.07, 6.45) is 0.725. The molecule has 2 N–H and O–H groups in total. The average Bonchev–Trinajstić information content (AvgIpc) is 2.66. The van der Waals surface area contributed by atoms with E-state index < -0.39 is 12.0 Å². The van der Waals surface area contributed by atoms with Gasteiger partial charge in [0.1, 0.15) is 11.5 Å². The summed E-state index contributed by atoms with van der Waals surface area (Å²) >= 11 is 0. The standard InChI is InChI=1S/C21H22N2O4/c1-3-12-26-20(24)18-14(2)22-21(25)23-19(18)15-8-7-11-17(13-15)27-16-9-5-4-6-10-16/h4-11,13,19H,3,12H2,1-2H3,(H2,22,23,25)/t19-/m0/s1. The van der Waals surface area contributed by atoms with Gasteiger partial charge < -0.3 is 20.1 Å². The Morgan fingerprint density at radius 1 is 1.07 bits per heavy atom. The zero-order chi connectivity index (χ0) is 19.2. The summed E-state index contributed by atoms with van der Waals surface area (Å²) in [7, 11) is 0. The molecule has 1 heterocycles. The van der Waals surface area contributed by atoms with Crippen LogP contribution in [0, 0.1) is 0 Å². The zero-order valence-corrected chi connectivity index (χ0v) is 15.3. The number of carbonyl (C=O) groups excluding carboxylic acids is 2. The van der Waals surface area contributed by atoms with Gasteiger partial charge in [-0.05, 0) is 43.2 Å². The minimum Gasteiger partial charge on any atom is -0.462 e. The molecule has 0 saturated heterocycles. The maximum absolute atomic E-state index is 12.5. The molecule has 6 heteroatoms. The molecule has 0 saturated carbocycles. The van der Waals surface area contributed by atoms with Gasteiger partial charge in [-0.1, -0.05) is 37.3 Å². The first kappa shape index (κ1) is 18.5. The Labute approximate surface area is 158 Å². The highest BCUT2D eigenvalue weighted by atomic mass is 16.5. The van der Waals surface area contributed by atoms with Gasteiger partial charge in [-0.2, -0.15) is 0 Å². The van der Waals surface area contributed by atoms with Crippen LogP contribution in [-0.4, -0.2) is 18.6 Å². The number of ether oxygens (including phenoxy) is 2. The van der Waals surface area contributed by atoms with Gasteiger partial charge in [-0.3, -0.25) is 0 Å². The van der Waals surface area contributed by atoms with E-state index in [1.807, 2.05) is 61.5 Å². The fourth-order valence-corrected chi connectivity index (χ4v) is 2.87. The van der Waals surface area contributed by atoms with Crippen molar-refractivity contribution in [2.75, 3.05) is 6.61 Å². The fraction of sp³-hybridized carbons (Fsp3) is 0.238. The Hall–Kier alpha value is -3.28. The molecule has 1 atom stereocenters. The molecule has 140 valence electrons. The summed E-state index contributed by atoms with van der Waals surface area (Å²) in [4.78, 5) is 24.5. The molecule has 2 aromatic carbocycles. The van der Waals surface area contributed by atoms with Crippen molar-refractivity contribution in [1.82, 2.24) is 10.6 Å². The molecule has 0 aliphatic carbocycles. The number of benzene rings is 2. The minimum atomic E-state index is -0.609.